The number of Topliss-reactive ketones (excluding diaryl/α,β-unsaturated/α-hetero) is 1. The van der Waals surface area contributed by atoms with Crippen LogP contribution in [-0.4, -0.2) is 40.9 Å². The molecule has 1 N–H and O–H groups in total. The number of halogens is 1. The van der Waals surface area contributed by atoms with Crippen molar-refractivity contribution in [2.24, 2.45) is 0 Å². The molecule has 0 saturated carbocycles. The monoisotopic (exact) mass is 434 g/mol. The van der Waals surface area contributed by atoms with Crippen molar-refractivity contribution in [3.05, 3.63) is 77.5 Å². The molecule has 1 aliphatic heterocycles. The molecule has 3 aromatic rings. The third-order valence-electron chi connectivity index (χ3n) is 5.27. The van der Waals surface area contributed by atoms with E-state index in [9.17, 15) is 14.0 Å². The molecule has 1 fully saturated rings. The lowest BCUT2D eigenvalue weighted by Gasteiger charge is -2.39. The van der Waals surface area contributed by atoms with Crippen LogP contribution in [0.4, 0.5) is 15.9 Å². The Kier molecular flexibility index (Phi) is 6.11. The predicted octanol–water partition coefficient (Wildman–Crippen LogP) is 4.04. The fourth-order valence-corrected chi connectivity index (χ4v) is 3.32. The number of benzene rings is 2. The highest BCUT2D eigenvalue weighted by Crippen LogP contribution is 2.25. The summed E-state index contributed by atoms with van der Waals surface area (Å²) in [6.45, 7) is 4.87. The van der Waals surface area contributed by atoms with Crippen LogP contribution >= 0.6 is 0 Å². The van der Waals surface area contributed by atoms with Crippen molar-refractivity contribution in [3.8, 4) is 5.75 Å². The van der Waals surface area contributed by atoms with E-state index in [1.54, 1.807) is 43.5 Å². The fourth-order valence-electron chi connectivity index (χ4n) is 3.32. The van der Waals surface area contributed by atoms with Crippen molar-refractivity contribution >= 4 is 23.2 Å². The van der Waals surface area contributed by atoms with Crippen LogP contribution in [0.2, 0.25) is 0 Å². The standard InChI is InChI=1S/C24H23FN4O3/c1-3-21(30)16-5-8-18(9-6-16)28-24(31)20-11-27-23(12-26-20)29-13-19(14-29)32-22-10-17(25)7-4-15(22)2/h4-12,19H,3,13-14H2,1-2H3,(H,28,31). The Morgan fingerprint density at radius 2 is 1.88 bits per heavy atom. The maximum Gasteiger partial charge on any atom is 0.275 e. The lowest BCUT2D eigenvalue weighted by Crippen LogP contribution is -2.54. The second-order valence-corrected chi connectivity index (χ2v) is 7.62. The number of anilines is 2. The number of ketones is 1. The molecule has 0 bridgehead atoms. The van der Waals surface area contributed by atoms with Gasteiger partial charge in [-0.05, 0) is 42.8 Å². The van der Waals surface area contributed by atoms with Gasteiger partial charge in [0.05, 0.1) is 25.5 Å². The summed E-state index contributed by atoms with van der Waals surface area (Å²) in [6.07, 6.45) is 3.33. The Bertz CT molecular complexity index is 1130. The number of aromatic nitrogens is 2. The number of carbonyl (C=O) groups excluding carboxylic acids is 2. The lowest BCUT2D eigenvalue weighted by atomic mass is 10.1. The predicted molar refractivity (Wildman–Crippen MR) is 119 cm³/mol. The Balaban J connectivity index is 1.31. The van der Waals surface area contributed by atoms with Crippen molar-refractivity contribution in [1.29, 1.82) is 0 Å². The van der Waals surface area contributed by atoms with E-state index in [4.69, 9.17) is 4.74 Å². The van der Waals surface area contributed by atoms with Gasteiger partial charge in [0.25, 0.3) is 5.91 Å². The zero-order valence-electron chi connectivity index (χ0n) is 17.8. The highest BCUT2D eigenvalue weighted by molar-refractivity contribution is 6.03. The first-order valence-electron chi connectivity index (χ1n) is 10.4. The molecule has 1 saturated heterocycles. The lowest BCUT2D eigenvalue weighted by molar-refractivity contribution is 0.0986. The fraction of sp³-hybridized carbons (Fsp3) is 0.250. The van der Waals surface area contributed by atoms with E-state index in [1.807, 2.05) is 11.8 Å². The van der Waals surface area contributed by atoms with Gasteiger partial charge in [-0.15, -0.1) is 0 Å². The maximum absolute atomic E-state index is 13.4. The number of nitrogens with one attached hydrogen (secondary N) is 1. The van der Waals surface area contributed by atoms with Crippen molar-refractivity contribution in [1.82, 2.24) is 9.97 Å². The van der Waals surface area contributed by atoms with E-state index in [-0.39, 0.29) is 29.3 Å². The van der Waals surface area contributed by atoms with E-state index in [0.29, 0.717) is 42.3 Å². The third kappa shape index (κ3) is 4.74. The molecule has 1 aromatic heterocycles. The Morgan fingerprint density at radius 1 is 1.12 bits per heavy atom. The highest BCUT2D eigenvalue weighted by Gasteiger charge is 2.30. The molecule has 0 spiro atoms. The first-order valence-corrected chi connectivity index (χ1v) is 10.4. The van der Waals surface area contributed by atoms with Gasteiger partial charge in [-0.3, -0.25) is 9.59 Å². The average molecular weight is 434 g/mol. The van der Waals surface area contributed by atoms with Crippen molar-refractivity contribution in [2.45, 2.75) is 26.4 Å². The second kappa shape index (κ2) is 9.13. The molecule has 1 amide bonds. The smallest absolute Gasteiger partial charge is 0.275 e. The molecular weight excluding hydrogens is 411 g/mol. The third-order valence-corrected chi connectivity index (χ3v) is 5.27. The van der Waals surface area contributed by atoms with E-state index >= 15 is 0 Å². The van der Waals surface area contributed by atoms with E-state index in [0.717, 1.165) is 5.56 Å². The summed E-state index contributed by atoms with van der Waals surface area (Å²) in [5.41, 5.74) is 2.25. The number of ether oxygens (including phenoxy) is 1. The van der Waals surface area contributed by atoms with Crippen molar-refractivity contribution in [2.75, 3.05) is 23.3 Å². The first kappa shape index (κ1) is 21.4. The van der Waals surface area contributed by atoms with E-state index < -0.39 is 0 Å². The van der Waals surface area contributed by atoms with Gasteiger partial charge in [0.1, 0.15) is 29.2 Å². The molecule has 8 heteroatoms. The zero-order chi connectivity index (χ0) is 22.7. The molecule has 2 heterocycles. The molecule has 0 aliphatic carbocycles. The normalized spacial score (nSPS) is 13.4. The summed E-state index contributed by atoms with van der Waals surface area (Å²) in [5.74, 6) is 0.519. The quantitative estimate of drug-likeness (QED) is 0.565. The summed E-state index contributed by atoms with van der Waals surface area (Å²) in [6, 6.07) is 11.2. The molecule has 7 nitrogen and oxygen atoms in total. The van der Waals surface area contributed by atoms with Gasteiger partial charge in [0.15, 0.2) is 5.78 Å². The van der Waals surface area contributed by atoms with Gasteiger partial charge in [-0.25, -0.2) is 14.4 Å². The summed E-state index contributed by atoms with van der Waals surface area (Å²) < 4.78 is 19.3. The Labute approximate surface area is 185 Å². The Morgan fingerprint density at radius 3 is 2.53 bits per heavy atom. The van der Waals surface area contributed by atoms with Gasteiger partial charge in [-0.2, -0.15) is 0 Å². The van der Waals surface area contributed by atoms with Gasteiger partial charge in [0.2, 0.25) is 0 Å². The van der Waals surface area contributed by atoms with Crippen LogP contribution < -0.4 is 15.0 Å². The summed E-state index contributed by atoms with van der Waals surface area (Å²) in [5, 5.41) is 2.75. The van der Waals surface area contributed by atoms with Gasteiger partial charge in [0, 0.05) is 23.7 Å². The topological polar surface area (TPSA) is 84.4 Å². The molecule has 164 valence electrons. The van der Waals surface area contributed by atoms with Crippen LogP contribution in [0.3, 0.4) is 0 Å². The number of amides is 1. The maximum atomic E-state index is 13.4. The average Bonchev–Trinajstić information content (AvgIpc) is 2.78. The molecule has 4 rings (SSSR count). The molecule has 32 heavy (non-hydrogen) atoms. The first-order chi connectivity index (χ1) is 15.4. The minimum atomic E-state index is -0.384. The van der Waals surface area contributed by atoms with Gasteiger partial charge in [-0.1, -0.05) is 13.0 Å². The zero-order valence-corrected chi connectivity index (χ0v) is 17.8. The summed E-state index contributed by atoms with van der Waals surface area (Å²) in [4.78, 5) is 34.6. The number of hydrogen-bond donors (Lipinski definition) is 1. The van der Waals surface area contributed by atoms with Crippen LogP contribution in [0.5, 0.6) is 5.75 Å². The molecule has 0 unspecified atom stereocenters. The van der Waals surface area contributed by atoms with E-state index in [1.165, 1.54) is 18.3 Å². The summed E-state index contributed by atoms with van der Waals surface area (Å²) >= 11 is 0. The number of aryl methyl sites for hydroxylation is 1. The largest absolute Gasteiger partial charge is 0.486 e. The van der Waals surface area contributed by atoms with Crippen LogP contribution in [0.1, 0.15) is 39.8 Å². The number of nitrogens with zero attached hydrogens (tertiary/aromatic N) is 3. The van der Waals surface area contributed by atoms with Gasteiger partial charge < -0.3 is 15.0 Å². The summed E-state index contributed by atoms with van der Waals surface area (Å²) in [7, 11) is 0. The van der Waals surface area contributed by atoms with Crippen LogP contribution in [0, 0.1) is 12.7 Å². The number of carbonyl (C=O) groups is 2. The number of hydrogen-bond acceptors (Lipinski definition) is 6. The van der Waals surface area contributed by atoms with Crippen LogP contribution in [0.25, 0.3) is 0 Å². The number of rotatable bonds is 7. The molecule has 1 aliphatic rings. The SMILES string of the molecule is CCC(=O)c1ccc(NC(=O)c2cnc(N3CC(Oc4cc(F)ccc4C)C3)cn2)cc1. The van der Waals surface area contributed by atoms with Crippen molar-refractivity contribution in [3.63, 3.8) is 0 Å². The molecular formula is C24H23FN4O3. The van der Waals surface area contributed by atoms with Crippen LogP contribution in [-0.2, 0) is 0 Å². The minimum Gasteiger partial charge on any atom is -0.486 e. The highest BCUT2D eigenvalue weighted by atomic mass is 19.1. The molecule has 0 radical (unpaired) electrons. The van der Waals surface area contributed by atoms with Crippen LogP contribution in [0.15, 0.2) is 54.9 Å². The second-order valence-electron chi connectivity index (χ2n) is 7.62. The molecule has 2 aromatic carbocycles. The minimum absolute atomic E-state index is 0.0500. The van der Waals surface area contributed by atoms with Crippen molar-refractivity contribution < 1.29 is 18.7 Å². The molecule has 0 atom stereocenters. The van der Waals surface area contributed by atoms with E-state index in [2.05, 4.69) is 15.3 Å². The Hall–Kier alpha value is -3.81. The van der Waals surface area contributed by atoms with Gasteiger partial charge >= 0.3 is 0 Å².